The minimum Gasteiger partial charge on any atom is -0.385 e. The van der Waals surface area contributed by atoms with Crippen molar-refractivity contribution in [2.45, 2.75) is 13.3 Å². The van der Waals surface area contributed by atoms with Crippen LogP contribution in [0.2, 0.25) is 0 Å². The molecule has 0 aliphatic heterocycles. The first-order valence-electron chi connectivity index (χ1n) is 4.84. The van der Waals surface area contributed by atoms with E-state index in [0.29, 0.717) is 13.0 Å². The summed E-state index contributed by atoms with van der Waals surface area (Å²) in [6.07, 6.45) is 0.492. The number of carbonyl (C=O) groups is 1. The second-order valence-corrected chi connectivity index (χ2v) is 4.17. The second-order valence-electron chi connectivity index (χ2n) is 3.31. The Morgan fingerprint density at radius 1 is 1.47 bits per heavy atom. The fraction of sp³-hybridized carbons (Fsp3) is 0.364. The first-order chi connectivity index (χ1) is 7.13. The summed E-state index contributed by atoms with van der Waals surface area (Å²) in [5, 5.41) is 5.78. The van der Waals surface area contributed by atoms with Gasteiger partial charge in [-0.2, -0.15) is 0 Å². The molecule has 4 heteroatoms. The molecule has 0 radical (unpaired) electrons. The molecule has 82 valence electrons. The van der Waals surface area contributed by atoms with Gasteiger partial charge >= 0.3 is 0 Å². The van der Waals surface area contributed by atoms with E-state index in [4.69, 9.17) is 0 Å². The maximum Gasteiger partial charge on any atom is 0.221 e. The number of nitrogens with one attached hydrogen (secondary N) is 2. The van der Waals surface area contributed by atoms with Crippen LogP contribution in [0.5, 0.6) is 0 Å². The molecule has 2 N–H and O–H groups in total. The number of benzene rings is 1. The number of hydrogen-bond acceptors (Lipinski definition) is 2. The van der Waals surface area contributed by atoms with Crippen molar-refractivity contribution in [1.82, 2.24) is 5.32 Å². The van der Waals surface area contributed by atoms with Gasteiger partial charge in [-0.15, -0.1) is 0 Å². The summed E-state index contributed by atoms with van der Waals surface area (Å²) in [5.41, 5.74) is 2.22. The molecule has 0 fully saturated rings. The lowest BCUT2D eigenvalue weighted by Crippen LogP contribution is -2.20. The standard InChI is InChI=1S/C11H15BrN2O/c1-8-7-9(3-4-10(8)12)14-6-5-11(15)13-2/h3-4,7,14H,5-6H2,1-2H3,(H,13,15). The molecular formula is C11H15BrN2O. The number of rotatable bonds is 4. The fourth-order valence-electron chi connectivity index (χ4n) is 1.20. The average Bonchev–Trinajstić information content (AvgIpc) is 2.23. The summed E-state index contributed by atoms with van der Waals surface area (Å²) >= 11 is 3.44. The molecule has 0 unspecified atom stereocenters. The lowest BCUT2D eigenvalue weighted by atomic mass is 10.2. The zero-order valence-electron chi connectivity index (χ0n) is 8.93. The second kappa shape index (κ2) is 5.75. The van der Waals surface area contributed by atoms with Gasteiger partial charge < -0.3 is 10.6 Å². The number of aryl methyl sites for hydroxylation is 1. The molecular weight excluding hydrogens is 256 g/mol. The van der Waals surface area contributed by atoms with E-state index in [9.17, 15) is 4.79 Å². The third-order valence-corrected chi connectivity index (χ3v) is 3.01. The van der Waals surface area contributed by atoms with E-state index in [1.807, 2.05) is 25.1 Å². The van der Waals surface area contributed by atoms with Gasteiger partial charge in [0.05, 0.1) is 0 Å². The van der Waals surface area contributed by atoms with Gasteiger partial charge in [-0.3, -0.25) is 4.79 Å². The number of carbonyl (C=O) groups excluding carboxylic acids is 1. The summed E-state index contributed by atoms with van der Waals surface area (Å²) in [4.78, 5) is 11.0. The van der Waals surface area contributed by atoms with Gasteiger partial charge in [-0.1, -0.05) is 15.9 Å². The minimum atomic E-state index is 0.0522. The zero-order valence-corrected chi connectivity index (χ0v) is 10.5. The summed E-state index contributed by atoms with van der Waals surface area (Å²) in [6, 6.07) is 6.03. The molecule has 0 aliphatic carbocycles. The Morgan fingerprint density at radius 2 is 2.20 bits per heavy atom. The molecule has 1 amide bonds. The average molecular weight is 271 g/mol. The van der Waals surface area contributed by atoms with Crippen LogP contribution < -0.4 is 10.6 Å². The number of anilines is 1. The van der Waals surface area contributed by atoms with E-state index in [2.05, 4.69) is 26.6 Å². The van der Waals surface area contributed by atoms with Gasteiger partial charge in [0, 0.05) is 30.2 Å². The Balaban J connectivity index is 2.44. The fourth-order valence-corrected chi connectivity index (χ4v) is 1.45. The molecule has 0 aromatic heterocycles. The molecule has 1 rings (SSSR count). The lowest BCUT2D eigenvalue weighted by molar-refractivity contribution is -0.120. The monoisotopic (exact) mass is 270 g/mol. The Bertz CT molecular complexity index is 352. The van der Waals surface area contributed by atoms with E-state index in [1.165, 1.54) is 5.56 Å². The third-order valence-electron chi connectivity index (χ3n) is 2.12. The predicted octanol–water partition coefficient (Wildman–Crippen LogP) is 2.31. The van der Waals surface area contributed by atoms with Crippen molar-refractivity contribution in [1.29, 1.82) is 0 Å². The van der Waals surface area contributed by atoms with Crippen LogP contribution in [0, 0.1) is 6.92 Å². The number of amides is 1. The molecule has 1 aromatic carbocycles. The van der Waals surface area contributed by atoms with Gasteiger partial charge in [0.1, 0.15) is 0 Å². The van der Waals surface area contributed by atoms with Crippen molar-refractivity contribution >= 4 is 27.5 Å². The predicted molar refractivity (Wildman–Crippen MR) is 66.1 cm³/mol. The van der Waals surface area contributed by atoms with Crippen LogP contribution in [0.3, 0.4) is 0 Å². The quantitative estimate of drug-likeness (QED) is 0.882. The highest BCUT2D eigenvalue weighted by molar-refractivity contribution is 9.10. The first-order valence-corrected chi connectivity index (χ1v) is 5.63. The SMILES string of the molecule is CNC(=O)CCNc1ccc(Br)c(C)c1. The van der Waals surface area contributed by atoms with E-state index < -0.39 is 0 Å². The molecule has 0 heterocycles. The highest BCUT2D eigenvalue weighted by atomic mass is 79.9. The maximum absolute atomic E-state index is 11.0. The molecule has 0 saturated carbocycles. The van der Waals surface area contributed by atoms with Crippen LogP contribution in [0.25, 0.3) is 0 Å². The number of hydrogen-bond donors (Lipinski definition) is 2. The van der Waals surface area contributed by atoms with Gasteiger partial charge in [0.25, 0.3) is 0 Å². The van der Waals surface area contributed by atoms with E-state index in [-0.39, 0.29) is 5.91 Å². The zero-order chi connectivity index (χ0) is 11.3. The summed E-state index contributed by atoms with van der Waals surface area (Å²) in [6.45, 7) is 2.69. The number of halogens is 1. The van der Waals surface area contributed by atoms with Crippen LogP contribution in [0.1, 0.15) is 12.0 Å². The maximum atomic E-state index is 11.0. The van der Waals surface area contributed by atoms with Crippen LogP contribution >= 0.6 is 15.9 Å². The van der Waals surface area contributed by atoms with Gasteiger partial charge in [-0.25, -0.2) is 0 Å². The first kappa shape index (κ1) is 12.0. The normalized spacial score (nSPS) is 9.80. The summed E-state index contributed by atoms with van der Waals surface area (Å²) < 4.78 is 1.10. The summed E-state index contributed by atoms with van der Waals surface area (Å²) in [5.74, 6) is 0.0522. The van der Waals surface area contributed by atoms with E-state index >= 15 is 0 Å². The van der Waals surface area contributed by atoms with Crippen molar-refractivity contribution in [3.05, 3.63) is 28.2 Å². The highest BCUT2D eigenvalue weighted by Crippen LogP contribution is 2.19. The van der Waals surface area contributed by atoms with Gasteiger partial charge in [-0.05, 0) is 30.7 Å². The van der Waals surface area contributed by atoms with E-state index in [0.717, 1.165) is 10.2 Å². The Kier molecular flexibility index (Phi) is 4.62. The van der Waals surface area contributed by atoms with Gasteiger partial charge in [0.15, 0.2) is 0 Å². The van der Waals surface area contributed by atoms with Crippen LogP contribution in [-0.2, 0) is 4.79 Å². The van der Waals surface area contributed by atoms with Crippen LogP contribution in [-0.4, -0.2) is 19.5 Å². The van der Waals surface area contributed by atoms with Crippen molar-refractivity contribution < 1.29 is 4.79 Å². The molecule has 1 aromatic rings. The molecule has 15 heavy (non-hydrogen) atoms. The Morgan fingerprint density at radius 3 is 2.80 bits per heavy atom. The minimum absolute atomic E-state index is 0.0522. The van der Waals surface area contributed by atoms with Crippen molar-refractivity contribution in [3.8, 4) is 0 Å². The van der Waals surface area contributed by atoms with Crippen molar-refractivity contribution in [2.24, 2.45) is 0 Å². The smallest absolute Gasteiger partial charge is 0.221 e. The topological polar surface area (TPSA) is 41.1 Å². The molecule has 0 saturated heterocycles. The van der Waals surface area contributed by atoms with E-state index in [1.54, 1.807) is 7.05 Å². The Labute approximate surface area is 98.4 Å². The summed E-state index contributed by atoms with van der Waals surface area (Å²) in [7, 11) is 1.64. The largest absolute Gasteiger partial charge is 0.385 e. The van der Waals surface area contributed by atoms with Crippen molar-refractivity contribution in [2.75, 3.05) is 18.9 Å². The lowest BCUT2D eigenvalue weighted by Gasteiger charge is -2.07. The molecule has 0 atom stereocenters. The molecule has 3 nitrogen and oxygen atoms in total. The molecule has 0 bridgehead atoms. The van der Waals surface area contributed by atoms with Gasteiger partial charge in [0.2, 0.25) is 5.91 Å². The molecule has 0 spiro atoms. The highest BCUT2D eigenvalue weighted by Gasteiger charge is 1.99. The molecule has 0 aliphatic rings. The van der Waals surface area contributed by atoms with Crippen LogP contribution in [0.15, 0.2) is 22.7 Å². The Hall–Kier alpha value is -1.03. The van der Waals surface area contributed by atoms with Crippen molar-refractivity contribution in [3.63, 3.8) is 0 Å². The van der Waals surface area contributed by atoms with Crippen LogP contribution in [0.4, 0.5) is 5.69 Å². The third kappa shape index (κ3) is 3.91.